The molecule has 0 atom stereocenters. The molecule has 0 unspecified atom stereocenters. The predicted octanol–water partition coefficient (Wildman–Crippen LogP) is 4.04. The molecule has 0 aliphatic carbocycles. The maximum Gasteiger partial charge on any atom is 0.315 e. The van der Waals surface area contributed by atoms with E-state index in [-0.39, 0.29) is 6.03 Å². The fourth-order valence-electron chi connectivity index (χ4n) is 1.85. The van der Waals surface area contributed by atoms with E-state index in [0.29, 0.717) is 23.1 Å². The van der Waals surface area contributed by atoms with Crippen LogP contribution in [0.4, 0.5) is 4.79 Å². The topological polar surface area (TPSA) is 41.1 Å². The Morgan fingerprint density at radius 3 is 2.38 bits per heavy atom. The number of carbonyl (C=O) groups excluding carboxylic acids is 1. The molecule has 0 heterocycles. The molecule has 0 aliphatic rings. The number of nitrogens with one attached hydrogen (secondary N) is 2. The van der Waals surface area contributed by atoms with Crippen molar-refractivity contribution in [3.05, 3.63) is 69.7 Å². The van der Waals surface area contributed by atoms with E-state index in [1.165, 1.54) is 0 Å². The second-order valence-electron chi connectivity index (χ2n) is 4.58. The Labute approximate surface area is 134 Å². The number of carbonyl (C=O) groups is 1. The smallest absolute Gasteiger partial charge is 0.315 e. The first-order chi connectivity index (χ1) is 10.1. The monoisotopic (exact) mass is 322 g/mol. The van der Waals surface area contributed by atoms with Gasteiger partial charge in [0.25, 0.3) is 0 Å². The third-order valence-corrected chi connectivity index (χ3v) is 3.63. The molecule has 110 valence electrons. The summed E-state index contributed by atoms with van der Waals surface area (Å²) in [7, 11) is 0. The van der Waals surface area contributed by atoms with Gasteiger partial charge >= 0.3 is 6.03 Å². The van der Waals surface area contributed by atoms with Gasteiger partial charge in [-0.1, -0.05) is 53.5 Å². The summed E-state index contributed by atoms with van der Waals surface area (Å²) in [5, 5.41) is 6.95. The van der Waals surface area contributed by atoms with Crippen LogP contribution in [0, 0.1) is 0 Å². The fourth-order valence-corrected chi connectivity index (χ4v) is 2.18. The second-order valence-corrected chi connectivity index (χ2v) is 5.42. The highest BCUT2D eigenvalue weighted by atomic mass is 35.5. The summed E-state index contributed by atoms with van der Waals surface area (Å²) in [6.07, 6.45) is 0.761. The summed E-state index contributed by atoms with van der Waals surface area (Å²) in [4.78, 5) is 11.7. The molecule has 0 radical (unpaired) electrons. The van der Waals surface area contributed by atoms with E-state index >= 15 is 0 Å². The van der Waals surface area contributed by atoms with Gasteiger partial charge in [0.15, 0.2) is 0 Å². The van der Waals surface area contributed by atoms with Gasteiger partial charge < -0.3 is 10.6 Å². The summed E-state index contributed by atoms with van der Waals surface area (Å²) >= 11 is 11.8. The summed E-state index contributed by atoms with van der Waals surface area (Å²) in [5.74, 6) is 0. The standard InChI is InChI=1S/C16H16Cl2N2O/c17-14-7-5-12(6-8-14)9-10-19-16(21)20-11-13-3-1-2-4-15(13)18/h1-8H,9-11H2,(H2,19,20,21). The largest absolute Gasteiger partial charge is 0.338 e. The lowest BCUT2D eigenvalue weighted by Gasteiger charge is -2.09. The zero-order valence-corrected chi connectivity index (χ0v) is 12.9. The minimum atomic E-state index is -0.205. The Kier molecular flexibility index (Phi) is 5.90. The number of hydrogen-bond donors (Lipinski definition) is 2. The molecule has 2 rings (SSSR count). The van der Waals surface area contributed by atoms with Crippen LogP contribution in [0.15, 0.2) is 48.5 Å². The van der Waals surface area contributed by atoms with Gasteiger partial charge in [0, 0.05) is 23.1 Å². The van der Waals surface area contributed by atoms with Crippen molar-refractivity contribution in [1.82, 2.24) is 10.6 Å². The Balaban J connectivity index is 1.70. The Hall–Kier alpha value is -1.71. The van der Waals surface area contributed by atoms with Crippen LogP contribution in [0.2, 0.25) is 10.0 Å². The van der Waals surface area contributed by atoms with Gasteiger partial charge in [0.05, 0.1) is 0 Å². The Morgan fingerprint density at radius 2 is 1.67 bits per heavy atom. The molecule has 0 saturated heterocycles. The van der Waals surface area contributed by atoms with Crippen molar-refractivity contribution in [1.29, 1.82) is 0 Å². The third kappa shape index (κ3) is 5.29. The number of urea groups is 1. The second kappa shape index (κ2) is 7.91. The lowest BCUT2D eigenvalue weighted by molar-refractivity contribution is 0.240. The molecule has 5 heteroatoms. The molecule has 0 aliphatic heterocycles. The predicted molar refractivity (Wildman–Crippen MR) is 86.8 cm³/mol. The quantitative estimate of drug-likeness (QED) is 0.857. The molecule has 2 aromatic rings. The molecule has 2 aromatic carbocycles. The van der Waals surface area contributed by atoms with Crippen molar-refractivity contribution in [3.63, 3.8) is 0 Å². The molecule has 3 nitrogen and oxygen atoms in total. The van der Waals surface area contributed by atoms with Crippen LogP contribution < -0.4 is 10.6 Å². The average molecular weight is 323 g/mol. The van der Waals surface area contributed by atoms with Gasteiger partial charge in [-0.3, -0.25) is 0 Å². The van der Waals surface area contributed by atoms with E-state index in [1.54, 1.807) is 6.07 Å². The highest BCUT2D eigenvalue weighted by molar-refractivity contribution is 6.31. The van der Waals surface area contributed by atoms with E-state index < -0.39 is 0 Å². The van der Waals surface area contributed by atoms with Crippen LogP contribution in [-0.2, 0) is 13.0 Å². The third-order valence-electron chi connectivity index (χ3n) is 3.01. The van der Waals surface area contributed by atoms with Gasteiger partial charge in [0.2, 0.25) is 0 Å². The minimum Gasteiger partial charge on any atom is -0.338 e. The fraction of sp³-hybridized carbons (Fsp3) is 0.188. The zero-order chi connectivity index (χ0) is 15.1. The highest BCUT2D eigenvalue weighted by Crippen LogP contribution is 2.14. The Morgan fingerprint density at radius 1 is 0.952 bits per heavy atom. The van der Waals surface area contributed by atoms with E-state index in [1.807, 2.05) is 42.5 Å². The first-order valence-electron chi connectivity index (χ1n) is 6.65. The molecule has 2 N–H and O–H groups in total. The average Bonchev–Trinajstić information content (AvgIpc) is 2.48. The first-order valence-corrected chi connectivity index (χ1v) is 7.40. The lowest BCUT2D eigenvalue weighted by Crippen LogP contribution is -2.36. The molecule has 0 fully saturated rings. The van der Waals surface area contributed by atoms with Crippen molar-refractivity contribution in [3.8, 4) is 0 Å². The van der Waals surface area contributed by atoms with Crippen molar-refractivity contribution >= 4 is 29.2 Å². The summed E-state index contributed by atoms with van der Waals surface area (Å²) in [6, 6.07) is 14.8. The molecule has 0 saturated carbocycles. The van der Waals surface area contributed by atoms with Crippen molar-refractivity contribution in [2.75, 3.05) is 6.54 Å². The molecule has 0 bridgehead atoms. The molecule has 0 aromatic heterocycles. The van der Waals surface area contributed by atoms with Crippen LogP contribution in [0.3, 0.4) is 0 Å². The normalized spacial score (nSPS) is 10.2. The van der Waals surface area contributed by atoms with Gasteiger partial charge in [-0.15, -0.1) is 0 Å². The van der Waals surface area contributed by atoms with Crippen LogP contribution in [-0.4, -0.2) is 12.6 Å². The molecule has 21 heavy (non-hydrogen) atoms. The van der Waals surface area contributed by atoms with Gasteiger partial charge in [0.1, 0.15) is 0 Å². The zero-order valence-electron chi connectivity index (χ0n) is 11.4. The van der Waals surface area contributed by atoms with Crippen LogP contribution in [0.5, 0.6) is 0 Å². The number of benzene rings is 2. The van der Waals surface area contributed by atoms with Crippen molar-refractivity contribution in [2.24, 2.45) is 0 Å². The van der Waals surface area contributed by atoms with E-state index in [4.69, 9.17) is 23.2 Å². The number of rotatable bonds is 5. The summed E-state index contributed by atoms with van der Waals surface area (Å²) in [6.45, 7) is 0.975. The van der Waals surface area contributed by atoms with Crippen molar-refractivity contribution in [2.45, 2.75) is 13.0 Å². The molecule has 0 spiro atoms. The van der Waals surface area contributed by atoms with Crippen LogP contribution in [0.25, 0.3) is 0 Å². The minimum absolute atomic E-state index is 0.205. The number of halogens is 2. The van der Waals surface area contributed by atoms with E-state index in [9.17, 15) is 4.79 Å². The van der Waals surface area contributed by atoms with Crippen molar-refractivity contribution < 1.29 is 4.79 Å². The molecular formula is C16H16Cl2N2O. The van der Waals surface area contributed by atoms with Gasteiger partial charge in [-0.25, -0.2) is 4.79 Å². The maximum atomic E-state index is 11.7. The van der Waals surface area contributed by atoms with Gasteiger partial charge in [-0.05, 0) is 35.7 Å². The van der Waals surface area contributed by atoms with E-state index in [0.717, 1.165) is 17.5 Å². The van der Waals surface area contributed by atoms with Crippen LogP contribution >= 0.6 is 23.2 Å². The van der Waals surface area contributed by atoms with E-state index in [2.05, 4.69) is 10.6 Å². The molecular weight excluding hydrogens is 307 g/mol. The molecule has 2 amide bonds. The lowest BCUT2D eigenvalue weighted by atomic mass is 10.1. The summed E-state index contributed by atoms with van der Waals surface area (Å²) in [5.41, 5.74) is 2.03. The first kappa shape index (κ1) is 15.7. The Bertz CT molecular complexity index is 599. The number of amides is 2. The highest BCUT2D eigenvalue weighted by Gasteiger charge is 2.02. The SMILES string of the molecule is O=C(NCCc1ccc(Cl)cc1)NCc1ccccc1Cl. The van der Waals surface area contributed by atoms with Gasteiger partial charge in [-0.2, -0.15) is 0 Å². The summed E-state index contributed by atoms with van der Waals surface area (Å²) < 4.78 is 0. The number of hydrogen-bond acceptors (Lipinski definition) is 1. The van der Waals surface area contributed by atoms with Crippen LogP contribution in [0.1, 0.15) is 11.1 Å². The maximum absolute atomic E-state index is 11.7.